The highest BCUT2D eigenvalue weighted by Gasteiger charge is 2.16. The van der Waals surface area contributed by atoms with Gasteiger partial charge in [0.2, 0.25) is 0 Å². The molecule has 0 aromatic heterocycles. The second kappa shape index (κ2) is 5.80. The summed E-state index contributed by atoms with van der Waals surface area (Å²) >= 11 is 5.71. The van der Waals surface area contributed by atoms with Gasteiger partial charge in [-0.05, 0) is 36.4 Å². The molecule has 0 saturated carbocycles. The molecule has 108 valence electrons. The molecule has 0 spiro atoms. The van der Waals surface area contributed by atoms with Crippen molar-refractivity contribution in [2.75, 3.05) is 11.1 Å². The number of halogens is 2. The molecule has 0 unspecified atom stereocenters. The zero-order valence-corrected chi connectivity index (χ0v) is 11.3. The van der Waals surface area contributed by atoms with Crippen LogP contribution in [0.25, 0.3) is 0 Å². The van der Waals surface area contributed by atoms with Crippen LogP contribution >= 0.6 is 11.6 Å². The van der Waals surface area contributed by atoms with Gasteiger partial charge in [-0.1, -0.05) is 11.6 Å². The van der Waals surface area contributed by atoms with Gasteiger partial charge in [-0.15, -0.1) is 0 Å². The normalized spacial score (nSPS) is 10.2. The number of carbonyl (C=O) groups is 2. The van der Waals surface area contributed by atoms with Crippen molar-refractivity contribution < 1.29 is 19.1 Å². The van der Waals surface area contributed by atoms with E-state index in [1.54, 1.807) is 0 Å². The van der Waals surface area contributed by atoms with Crippen LogP contribution in [0.5, 0.6) is 0 Å². The lowest BCUT2D eigenvalue weighted by Crippen LogP contribution is -2.16. The number of aromatic carboxylic acids is 1. The first-order valence-corrected chi connectivity index (χ1v) is 6.15. The van der Waals surface area contributed by atoms with Crippen molar-refractivity contribution in [1.82, 2.24) is 0 Å². The van der Waals surface area contributed by atoms with Gasteiger partial charge in [-0.2, -0.15) is 0 Å². The molecule has 0 aliphatic rings. The molecular formula is C14H10ClFN2O3. The largest absolute Gasteiger partial charge is 0.478 e. The summed E-state index contributed by atoms with van der Waals surface area (Å²) < 4.78 is 13.2. The monoisotopic (exact) mass is 308 g/mol. The van der Waals surface area contributed by atoms with Crippen molar-refractivity contribution in [3.05, 3.63) is 58.4 Å². The minimum Gasteiger partial charge on any atom is -0.478 e. The molecule has 0 radical (unpaired) electrons. The Kier molecular flexibility index (Phi) is 4.09. The van der Waals surface area contributed by atoms with E-state index in [0.29, 0.717) is 0 Å². The summed E-state index contributed by atoms with van der Waals surface area (Å²) in [5, 5.41) is 11.7. The molecule has 4 N–H and O–H groups in total. The molecule has 0 atom stereocenters. The maximum atomic E-state index is 13.2. The van der Waals surface area contributed by atoms with Gasteiger partial charge in [0.1, 0.15) is 5.82 Å². The zero-order valence-electron chi connectivity index (χ0n) is 10.6. The Morgan fingerprint density at radius 3 is 2.52 bits per heavy atom. The lowest BCUT2D eigenvalue weighted by atomic mass is 10.1. The molecular weight excluding hydrogens is 299 g/mol. The van der Waals surface area contributed by atoms with Crippen LogP contribution in [-0.4, -0.2) is 17.0 Å². The van der Waals surface area contributed by atoms with Crippen LogP contribution in [-0.2, 0) is 0 Å². The van der Waals surface area contributed by atoms with E-state index < -0.39 is 17.7 Å². The topological polar surface area (TPSA) is 92.4 Å². The third kappa shape index (κ3) is 3.29. The predicted molar refractivity (Wildman–Crippen MR) is 77.2 cm³/mol. The number of hydrogen-bond acceptors (Lipinski definition) is 3. The van der Waals surface area contributed by atoms with Crippen molar-refractivity contribution in [2.24, 2.45) is 0 Å². The fourth-order valence-corrected chi connectivity index (χ4v) is 1.89. The van der Waals surface area contributed by atoms with Crippen molar-refractivity contribution in [3.8, 4) is 0 Å². The quantitative estimate of drug-likeness (QED) is 0.760. The van der Waals surface area contributed by atoms with Gasteiger partial charge in [0.25, 0.3) is 5.91 Å². The fraction of sp³-hybridized carbons (Fsp3) is 0. The van der Waals surface area contributed by atoms with Gasteiger partial charge in [-0.25, -0.2) is 9.18 Å². The minimum absolute atomic E-state index is 0.0422. The van der Waals surface area contributed by atoms with E-state index in [4.69, 9.17) is 22.4 Å². The van der Waals surface area contributed by atoms with Crippen LogP contribution in [0.2, 0.25) is 5.02 Å². The molecule has 5 nitrogen and oxygen atoms in total. The van der Waals surface area contributed by atoms with E-state index in [-0.39, 0.29) is 27.5 Å². The van der Waals surface area contributed by atoms with Crippen LogP contribution in [0.4, 0.5) is 15.8 Å². The maximum Gasteiger partial charge on any atom is 0.337 e. The summed E-state index contributed by atoms with van der Waals surface area (Å²) in [6.45, 7) is 0. The molecule has 2 aromatic rings. The smallest absolute Gasteiger partial charge is 0.337 e. The Hall–Kier alpha value is -2.60. The van der Waals surface area contributed by atoms with Crippen LogP contribution < -0.4 is 11.1 Å². The van der Waals surface area contributed by atoms with Gasteiger partial charge in [-0.3, -0.25) is 4.79 Å². The molecule has 2 rings (SSSR count). The Labute approximate surface area is 124 Å². The molecule has 0 saturated heterocycles. The predicted octanol–water partition coefficient (Wildman–Crippen LogP) is 3.01. The van der Waals surface area contributed by atoms with E-state index in [1.165, 1.54) is 24.3 Å². The highest BCUT2D eigenvalue weighted by molar-refractivity contribution is 6.31. The Bertz CT molecular complexity index is 734. The third-order valence-electron chi connectivity index (χ3n) is 2.72. The molecule has 21 heavy (non-hydrogen) atoms. The van der Waals surface area contributed by atoms with Crippen molar-refractivity contribution in [1.29, 1.82) is 0 Å². The summed E-state index contributed by atoms with van der Waals surface area (Å²) in [4.78, 5) is 23.2. The molecule has 0 heterocycles. The molecule has 0 bridgehead atoms. The summed E-state index contributed by atoms with van der Waals surface area (Å²) in [7, 11) is 0. The van der Waals surface area contributed by atoms with Crippen molar-refractivity contribution in [3.63, 3.8) is 0 Å². The first-order chi connectivity index (χ1) is 9.88. The second-order valence-electron chi connectivity index (χ2n) is 4.18. The summed E-state index contributed by atoms with van der Waals surface area (Å²) in [6, 6.07) is 7.33. The molecule has 2 aromatic carbocycles. The van der Waals surface area contributed by atoms with Gasteiger partial charge in [0, 0.05) is 10.7 Å². The Balaban J connectivity index is 2.36. The lowest BCUT2D eigenvalue weighted by Gasteiger charge is -2.10. The van der Waals surface area contributed by atoms with Gasteiger partial charge in [0.15, 0.2) is 0 Å². The van der Waals surface area contributed by atoms with Crippen molar-refractivity contribution >= 4 is 34.9 Å². The summed E-state index contributed by atoms with van der Waals surface area (Å²) in [5.74, 6) is -2.58. The van der Waals surface area contributed by atoms with Crippen LogP contribution in [0.15, 0.2) is 36.4 Å². The number of hydrogen-bond donors (Lipinski definition) is 3. The number of carboxylic acid groups (broad SMARTS) is 1. The summed E-state index contributed by atoms with van der Waals surface area (Å²) in [6.07, 6.45) is 0. The molecule has 7 heteroatoms. The maximum absolute atomic E-state index is 13.2. The van der Waals surface area contributed by atoms with Crippen LogP contribution in [0.1, 0.15) is 20.7 Å². The lowest BCUT2D eigenvalue weighted by molar-refractivity contribution is 0.0698. The van der Waals surface area contributed by atoms with Crippen LogP contribution in [0.3, 0.4) is 0 Å². The zero-order chi connectivity index (χ0) is 15.6. The number of carboxylic acids is 1. The Morgan fingerprint density at radius 1 is 1.14 bits per heavy atom. The SMILES string of the molecule is Nc1ccc(F)cc1C(=O)Nc1ccc(Cl)cc1C(=O)O. The van der Waals surface area contributed by atoms with E-state index in [0.717, 1.165) is 12.1 Å². The third-order valence-corrected chi connectivity index (χ3v) is 2.96. The molecule has 1 amide bonds. The highest BCUT2D eigenvalue weighted by Crippen LogP contribution is 2.22. The number of nitrogen functional groups attached to an aromatic ring is 1. The number of nitrogens with two attached hydrogens (primary N) is 1. The van der Waals surface area contributed by atoms with E-state index in [9.17, 15) is 14.0 Å². The van der Waals surface area contributed by atoms with E-state index in [2.05, 4.69) is 5.32 Å². The van der Waals surface area contributed by atoms with Crippen LogP contribution in [0, 0.1) is 5.82 Å². The van der Waals surface area contributed by atoms with Gasteiger partial charge in [0.05, 0.1) is 16.8 Å². The molecule has 0 aliphatic carbocycles. The Morgan fingerprint density at radius 2 is 1.86 bits per heavy atom. The summed E-state index contributed by atoms with van der Waals surface area (Å²) in [5.41, 5.74) is 5.47. The fourth-order valence-electron chi connectivity index (χ4n) is 1.72. The molecule has 0 fully saturated rings. The number of anilines is 2. The second-order valence-corrected chi connectivity index (χ2v) is 4.62. The van der Waals surface area contributed by atoms with E-state index >= 15 is 0 Å². The number of benzene rings is 2. The number of amides is 1. The first kappa shape index (κ1) is 14.8. The average molecular weight is 309 g/mol. The van der Waals surface area contributed by atoms with Crippen molar-refractivity contribution in [2.45, 2.75) is 0 Å². The average Bonchev–Trinajstić information content (AvgIpc) is 2.43. The standard InChI is InChI=1S/C14H10ClFN2O3/c15-7-1-4-12(10(5-7)14(20)21)18-13(19)9-6-8(16)2-3-11(9)17/h1-6H,17H2,(H,18,19)(H,20,21). The minimum atomic E-state index is -1.25. The first-order valence-electron chi connectivity index (χ1n) is 5.77. The highest BCUT2D eigenvalue weighted by atomic mass is 35.5. The van der Waals surface area contributed by atoms with Gasteiger partial charge >= 0.3 is 5.97 Å². The van der Waals surface area contributed by atoms with Gasteiger partial charge < -0.3 is 16.2 Å². The van der Waals surface area contributed by atoms with E-state index in [1.807, 2.05) is 0 Å². The number of carbonyl (C=O) groups excluding carboxylic acids is 1. The molecule has 0 aliphatic heterocycles. The number of nitrogens with one attached hydrogen (secondary N) is 1. The number of rotatable bonds is 3.